The number of methoxy groups -OCH3 is 1. The first-order valence-corrected chi connectivity index (χ1v) is 12.9. The molecule has 9 nitrogen and oxygen atoms in total. The zero-order chi connectivity index (χ0) is 28.1. The number of amides is 3. The Morgan fingerprint density at radius 1 is 1.05 bits per heavy atom. The van der Waals surface area contributed by atoms with Crippen molar-refractivity contribution < 1.29 is 33.8 Å². The van der Waals surface area contributed by atoms with Crippen LogP contribution in [0.25, 0.3) is 6.08 Å². The van der Waals surface area contributed by atoms with Gasteiger partial charge in [-0.15, -0.1) is 0 Å². The standard InChI is InChI=1S/C27H20Cl2N2O7S/c1-37-21-11-16(10-19(29)24(21)38-14-15-5-4-6-17(9-15)26(34)35)12-22-25(33)31(27(36)39-22)13-23(32)30-20-8-3-2-7-18(20)28/h2-12H,13-14H2,1H3,(H,30,32)(H,34,35)/b22-12+. The predicted molar refractivity (Wildman–Crippen MR) is 148 cm³/mol. The molecule has 1 heterocycles. The van der Waals surface area contributed by atoms with Gasteiger partial charge in [-0.3, -0.25) is 19.3 Å². The highest BCUT2D eigenvalue weighted by atomic mass is 35.5. The number of ether oxygens (including phenoxy) is 2. The van der Waals surface area contributed by atoms with E-state index in [2.05, 4.69) is 5.32 Å². The average molecular weight is 587 g/mol. The van der Waals surface area contributed by atoms with Crippen LogP contribution < -0.4 is 14.8 Å². The Bertz CT molecular complexity index is 1510. The molecular formula is C27H20Cl2N2O7S. The van der Waals surface area contributed by atoms with Crippen molar-refractivity contribution in [1.29, 1.82) is 0 Å². The molecule has 0 saturated carbocycles. The van der Waals surface area contributed by atoms with Crippen molar-refractivity contribution in [1.82, 2.24) is 4.90 Å². The van der Waals surface area contributed by atoms with Crippen molar-refractivity contribution >= 4 is 69.8 Å². The number of carboxylic acids is 1. The monoisotopic (exact) mass is 586 g/mol. The van der Waals surface area contributed by atoms with Crippen LogP contribution in [0.5, 0.6) is 11.5 Å². The summed E-state index contributed by atoms with van der Waals surface area (Å²) in [4.78, 5) is 50.0. The minimum Gasteiger partial charge on any atom is -0.493 e. The summed E-state index contributed by atoms with van der Waals surface area (Å²) in [7, 11) is 1.42. The number of benzene rings is 3. The van der Waals surface area contributed by atoms with Gasteiger partial charge >= 0.3 is 5.97 Å². The topological polar surface area (TPSA) is 122 Å². The van der Waals surface area contributed by atoms with Crippen LogP contribution in [0.3, 0.4) is 0 Å². The minimum absolute atomic E-state index is 0.0334. The molecule has 12 heteroatoms. The van der Waals surface area contributed by atoms with Crippen LogP contribution in [-0.4, -0.2) is 46.7 Å². The highest BCUT2D eigenvalue weighted by molar-refractivity contribution is 8.18. The number of aromatic carboxylic acids is 1. The number of carbonyl (C=O) groups is 4. The maximum Gasteiger partial charge on any atom is 0.335 e. The van der Waals surface area contributed by atoms with E-state index in [1.807, 2.05) is 0 Å². The van der Waals surface area contributed by atoms with Gasteiger partial charge in [0.2, 0.25) is 5.91 Å². The number of anilines is 1. The number of carbonyl (C=O) groups excluding carboxylic acids is 3. The number of hydrogen-bond acceptors (Lipinski definition) is 7. The van der Waals surface area contributed by atoms with Gasteiger partial charge in [0.1, 0.15) is 13.2 Å². The van der Waals surface area contributed by atoms with Crippen LogP contribution in [0, 0.1) is 0 Å². The SMILES string of the molecule is COc1cc(/C=C2/SC(=O)N(CC(=O)Nc3ccccc3Cl)C2=O)cc(Cl)c1OCc1cccc(C(=O)O)c1. The summed E-state index contributed by atoms with van der Waals surface area (Å²) in [5, 5.41) is 11.7. The maximum absolute atomic E-state index is 12.9. The largest absolute Gasteiger partial charge is 0.493 e. The highest BCUT2D eigenvalue weighted by Crippen LogP contribution is 2.39. The lowest BCUT2D eigenvalue weighted by Crippen LogP contribution is -2.36. The van der Waals surface area contributed by atoms with E-state index in [-0.39, 0.29) is 33.6 Å². The second kappa shape index (κ2) is 12.2. The van der Waals surface area contributed by atoms with Crippen LogP contribution in [0.1, 0.15) is 21.5 Å². The van der Waals surface area contributed by atoms with Gasteiger partial charge in [-0.1, -0.05) is 47.5 Å². The lowest BCUT2D eigenvalue weighted by atomic mass is 10.1. The summed E-state index contributed by atoms with van der Waals surface area (Å²) in [6, 6.07) is 16.0. The molecule has 200 valence electrons. The van der Waals surface area contributed by atoms with Gasteiger partial charge in [-0.25, -0.2) is 4.79 Å². The summed E-state index contributed by atoms with van der Waals surface area (Å²) in [5.74, 6) is -1.77. The fraction of sp³-hybridized carbons (Fsp3) is 0.111. The molecule has 0 atom stereocenters. The molecule has 3 aromatic rings. The summed E-state index contributed by atoms with van der Waals surface area (Å²) in [5.41, 5.74) is 1.57. The number of nitrogens with zero attached hydrogens (tertiary/aromatic N) is 1. The number of hydrogen-bond donors (Lipinski definition) is 2. The van der Waals surface area contributed by atoms with E-state index in [0.717, 1.165) is 4.90 Å². The number of carboxylic acid groups (broad SMARTS) is 1. The Morgan fingerprint density at radius 3 is 2.54 bits per heavy atom. The first-order valence-electron chi connectivity index (χ1n) is 11.3. The lowest BCUT2D eigenvalue weighted by Gasteiger charge is -2.14. The molecule has 0 unspecified atom stereocenters. The van der Waals surface area contributed by atoms with E-state index in [4.69, 9.17) is 32.7 Å². The Labute approximate surface area is 237 Å². The van der Waals surface area contributed by atoms with Crippen LogP contribution in [-0.2, 0) is 16.2 Å². The van der Waals surface area contributed by atoms with E-state index in [0.29, 0.717) is 33.6 Å². The third-order valence-electron chi connectivity index (χ3n) is 5.43. The molecule has 2 N–H and O–H groups in total. The molecule has 1 aliphatic heterocycles. The highest BCUT2D eigenvalue weighted by Gasteiger charge is 2.36. The lowest BCUT2D eigenvalue weighted by molar-refractivity contribution is -0.127. The molecule has 0 radical (unpaired) electrons. The molecule has 3 aromatic carbocycles. The number of halogens is 2. The number of para-hydroxylation sites is 1. The first-order chi connectivity index (χ1) is 18.7. The molecule has 39 heavy (non-hydrogen) atoms. The van der Waals surface area contributed by atoms with Gasteiger partial charge in [0.25, 0.3) is 11.1 Å². The normalized spacial score (nSPS) is 14.0. The molecular weight excluding hydrogens is 567 g/mol. The van der Waals surface area contributed by atoms with Gasteiger partial charge in [0.05, 0.1) is 33.3 Å². The molecule has 1 fully saturated rings. The van der Waals surface area contributed by atoms with Crippen LogP contribution in [0.4, 0.5) is 10.5 Å². The zero-order valence-corrected chi connectivity index (χ0v) is 22.6. The summed E-state index contributed by atoms with van der Waals surface area (Å²) in [6.07, 6.45) is 1.46. The predicted octanol–water partition coefficient (Wildman–Crippen LogP) is 5.95. The van der Waals surface area contributed by atoms with Gasteiger partial charge < -0.3 is 19.9 Å². The van der Waals surface area contributed by atoms with Crippen molar-refractivity contribution in [3.63, 3.8) is 0 Å². The molecule has 0 bridgehead atoms. The number of thioether (sulfide) groups is 1. The fourth-order valence-corrected chi connectivity index (χ4v) is 4.89. The van der Waals surface area contributed by atoms with Crippen LogP contribution >= 0.6 is 35.0 Å². The van der Waals surface area contributed by atoms with Crippen molar-refractivity contribution in [2.45, 2.75) is 6.61 Å². The third-order valence-corrected chi connectivity index (χ3v) is 6.95. The van der Waals surface area contributed by atoms with E-state index in [9.17, 15) is 24.3 Å². The molecule has 1 saturated heterocycles. The van der Waals surface area contributed by atoms with Gasteiger partial charge in [0, 0.05) is 0 Å². The zero-order valence-electron chi connectivity index (χ0n) is 20.3. The van der Waals surface area contributed by atoms with Crippen molar-refractivity contribution in [2.75, 3.05) is 19.0 Å². The van der Waals surface area contributed by atoms with Gasteiger partial charge in [-0.2, -0.15) is 0 Å². The van der Waals surface area contributed by atoms with E-state index in [1.54, 1.807) is 42.5 Å². The van der Waals surface area contributed by atoms with Crippen molar-refractivity contribution in [3.8, 4) is 11.5 Å². The Hall–Kier alpha value is -3.99. The van der Waals surface area contributed by atoms with E-state index in [1.165, 1.54) is 31.4 Å². The quantitative estimate of drug-likeness (QED) is 0.295. The summed E-state index contributed by atoms with van der Waals surface area (Å²) >= 11 is 13.2. The Kier molecular flexibility index (Phi) is 8.80. The second-order valence-corrected chi connectivity index (χ2v) is 9.93. The minimum atomic E-state index is -1.05. The van der Waals surface area contributed by atoms with Crippen molar-refractivity contribution in [3.05, 3.63) is 92.3 Å². The Balaban J connectivity index is 1.47. The average Bonchev–Trinajstić information content (AvgIpc) is 3.16. The smallest absolute Gasteiger partial charge is 0.335 e. The van der Waals surface area contributed by atoms with Crippen LogP contribution in [0.15, 0.2) is 65.6 Å². The summed E-state index contributed by atoms with van der Waals surface area (Å²) < 4.78 is 11.2. The maximum atomic E-state index is 12.9. The van der Waals surface area contributed by atoms with Crippen molar-refractivity contribution in [2.24, 2.45) is 0 Å². The van der Waals surface area contributed by atoms with Gasteiger partial charge in [-0.05, 0) is 65.4 Å². The van der Waals surface area contributed by atoms with Crippen LogP contribution in [0.2, 0.25) is 10.0 Å². The molecule has 1 aliphatic rings. The molecule has 0 aliphatic carbocycles. The van der Waals surface area contributed by atoms with E-state index < -0.39 is 29.6 Å². The van der Waals surface area contributed by atoms with Gasteiger partial charge in [0.15, 0.2) is 11.5 Å². The molecule has 3 amide bonds. The third kappa shape index (κ3) is 6.72. The molecule has 0 aromatic heterocycles. The second-order valence-electron chi connectivity index (χ2n) is 8.12. The molecule has 4 rings (SSSR count). The number of rotatable bonds is 9. The number of nitrogens with one attached hydrogen (secondary N) is 1. The first kappa shape index (κ1) is 28.0. The fourth-order valence-electron chi connectivity index (χ4n) is 3.60. The molecule has 0 spiro atoms. The number of imide groups is 1. The van der Waals surface area contributed by atoms with E-state index >= 15 is 0 Å². The Morgan fingerprint density at radius 2 is 1.82 bits per heavy atom. The summed E-state index contributed by atoms with van der Waals surface area (Å²) in [6.45, 7) is -0.446.